The summed E-state index contributed by atoms with van der Waals surface area (Å²) in [4.78, 5) is 0. The van der Waals surface area contributed by atoms with Gasteiger partial charge in [0, 0.05) is 6.04 Å². The van der Waals surface area contributed by atoms with Gasteiger partial charge in [0.25, 0.3) is 0 Å². The third-order valence-electron chi connectivity index (χ3n) is 3.83. The predicted octanol–water partition coefficient (Wildman–Crippen LogP) is 4.18. The molecular formula is C14H19ClFN. The summed E-state index contributed by atoms with van der Waals surface area (Å²) in [6.07, 6.45) is 1.29. The summed E-state index contributed by atoms with van der Waals surface area (Å²) in [6.45, 7) is 7.68. The first kappa shape index (κ1) is 12.8. The number of hydrogen-bond donors (Lipinski definition) is 1. The fourth-order valence-corrected chi connectivity index (χ4v) is 2.33. The highest BCUT2D eigenvalue weighted by atomic mass is 35.5. The topological polar surface area (TPSA) is 12.0 Å². The van der Waals surface area contributed by atoms with E-state index >= 15 is 0 Å². The zero-order valence-electron chi connectivity index (χ0n) is 10.6. The normalized spacial score (nSPS) is 23.5. The van der Waals surface area contributed by atoms with E-state index in [0.717, 1.165) is 18.0 Å². The fraction of sp³-hybridized carbons (Fsp3) is 0.571. The standard InChI is InChI=1S/C14H19ClFN/c1-9(17-8-11-7-14(11,2)3)10-4-5-13(16)12(15)6-10/h4-6,9,11,17H,7-8H2,1-3H3. The Balaban J connectivity index is 1.91. The van der Waals surface area contributed by atoms with Crippen LogP contribution in [-0.4, -0.2) is 6.54 Å². The van der Waals surface area contributed by atoms with E-state index in [2.05, 4.69) is 26.1 Å². The molecule has 3 heteroatoms. The van der Waals surface area contributed by atoms with Crippen molar-refractivity contribution in [3.63, 3.8) is 0 Å². The highest BCUT2D eigenvalue weighted by Crippen LogP contribution is 2.51. The van der Waals surface area contributed by atoms with Crippen LogP contribution in [0.15, 0.2) is 18.2 Å². The van der Waals surface area contributed by atoms with Crippen LogP contribution in [0.3, 0.4) is 0 Å². The van der Waals surface area contributed by atoms with Gasteiger partial charge in [0.2, 0.25) is 0 Å². The van der Waals surface area contributed by atoms with Crippen LogP contribution in [0.4, 0.5) is 4.39 Å². The molecule has 2 unspecified atom stereocenters. The Morgan fingerprint density at radius 3 is 2.71 bits per heavy atom. The molecule has 1 aromatic rings. The minimum Gasteiger partial charge on any atom is -0.310 e. The molecule has 1 N–H and O–H groups in total. The molecule has 1 fully saturated rings. The number of rotatable bonds is 4. The van der Waals surface area contributed by atoms with Gasteiger partial charge in [-0.05, 0) is 48.9 Å². The van der Waals surface area contributed by atoms with Crippen LogP contribution in [-0.2, 0) is 0 Å². The van der Waals surface area contributed by atoms with Crippen LogP contribution in [0, 0.1) is 17.2 Å². The summed E-state index contributed by atoms with van der Waals surface area (Å²) in [5.74, 6) is 0.409. The van der Waals surface area contributed by atoms with Crippen molar-refractivity contribution < 1.29 is 4.39 Å². The van der Waals surface area contributed by atoms with Gasteiger partial charge in [-0.25, -0.2) is 4.39 Å². The van der Waals surface area contributed by atoms with E-state index in [4.69, 9.17) is 11.6 Å². The SMILES string of the molecule is CC(NCC1CC1(C)C)c1ccc(F)c(Cl)c1. The lowest BCUT2D eigenvalue weighted by molar-refractivity contribution is 0.484. The smallest absolute Gasteiger partial charge is 0.141 e. The molecule has 0 saturated heterocycles. The van der Waals surface area contributed by atoms with E-state index in [9.17, 15) is 4.39 Å². The zero-order valence-corrected chi connectivity index (χ0v) is 11.3. The van der Waals surface area contributed by atoms with Crippen molar-refractivity contribution >= 4 is 11.6 Å². The Kier molecular flexibility index (Phi) is 3.46. The average molecular weight is 256 g/mol. The minimum absolute atomic E-state index is 0.197. The molecule has 0 bridgehead atoms. The largest absolute Gasteiger partial charge is 0.310 e. The van der Waals surface area contributed by atoms with E-state index in [0.29, 0.717) is 5.41 Å². The molecule has 1 nitrogen and oxygen atoms in total. The molecule has 94 valence electrons. The van der Waals surface area contributed by atoms with Crippen molar-refractivity contribution in [1.29, 1.82) is 0 Å². The number of nitrogens with one attached hydrogen (secondary N) is 1. The van der Waals surface area contributed by atoms with Crippen molar-refractivity contribution in [2.45, 2.75) is 33.2 Å². The zero-order chi connectivity index (χ0) is 12.6. The lowest BCUT2D eigenvalue weighted by atomic mass is 10.1. The second-order valence-corrected chi connectivity index (χ2v) is 6.10. The first-order chi connectivity index (χ1) is 7.90. The molecule has 0 amide bonds. The van der Waals surface area contributed by atoms with Crippen molar-refractivity contribution in [3.05, 3.63) is 34.6 Å². The third-order valence-corrected chi connectivity index (χ3v) is 4.12. The molecule has 0 heterocycles. The highest BCUT2D eigenvalue weighted by Gasteiger charge is 2.44. The van der Waals surface area contributed by atoms with Crippen molar-refractivity contribution in [2.75, 3.05) is 6.54 Å². The van der Waals surface area contributed by atoms with Gasteiger partial charge in [-0.1, -0.05) is 31.5 Å². The summed E-state index contributed by atoms with van der Waals surface area (Å²) in [5.41, 5.74) is 1.53. The van der Waals surface area contributed by atoms with E-state index in [-0.39, 0.29) is 16.9 Å². The van der Waals surface area contributed by atoms with Crippen molar-refractivity contribution in [1.82, 2.24) is 5.32 Å². The average Bonchev–Trinajstić information content (AvgIpc) is 2.87. The van der Waals surface area contributed by atoms with E-state index < -0.39 is 0 Å². The highest BCUT2D eigenvalue weighted by molar-refractivity contribution is 6.30. The molecule has 0 spiro atoms. The van der Waals surface area contributed by atoms with Crippen LogP contribution < -0.4 is 5.32 Å². The molecule has 0 aliphatic heterocycles. The number of hydrogen-bond acceptors (Lipinski definition) is 1. The predicted molar refractivity (Wildman–Crippen MR) is 69.7 cm³/mol. The Bertz CT molecular complexity index is 417. The lowest BCUT2D eigenvalue weighted by Gasteiger charge is -2.15. The second kappa shape index (κ2) is 4.58. The first-order valence-electron chi connectivity index (χ1n) is 6.08. The molecule has 1 aliphatic rings. The molecule has 1 aromatic carbocycles. The Labute approximate surface area is 107 Å². The monoisotopic (exact) mass is 255 g/mol. The minimum atomic E-state index is -0.356. The maximum absolute atomic E-state index is 13.0. The Hall–Kier alpha value is -0.600. The van der Waals surface area contributed by atoms with Crippen molar-refractivity contribution in [3.8, 4) is 0 Å². The summed E-state index contributed by atoms with van der Waals surface area (Å²) < 4.78 is 13.0. The van der Waals surface area contributed by atoms with Gasteiger partial charge in [-0.15, -0.1) is 0 Å². The van der Waals surface area contributed by atoms with Gasteiger partial charge in [0.1, 0.15) is 5.82 Å². The van der Waals surface area contributed by atoms with Gasteiger partial charge in [-0.3, -0.25) is 0 Å². The molecular weight excluding hydrogens is 237 g/mol. The van der Waals surface area contributed by atoms with Crippen molar-refractivity contribution in [2.24, 2.45) is 11.3 Å². The van der Waals surface area contributed by atoms with Gasteiger partial charge >= 0.3 is 0 Å². The van der Waals surface area contributed by atoms with Crippen LogP contribution >= 0.6 is 11.6 Å². The lowest BCUT2D eigenvalue weighted by Crippen LogP contribution is -2.22. The third kappa shape index (κ3) is 2.99. The van der Waals surface area contributed by atoms with Gasteiger partial charge < -0.3 is 5.32 Å². The maximum atomic E-state index is 13.0. The van der Waals surface area contributed by atoms with Gasteiger partial charge in [-0.2, -0.15) is 0 Å². The fourth-order valence-electron chi connectivity index (χ4n) is 2.14. The summed E-state index contributed by atoms with van der Waals surface area (Å²) in [7, 11) is 0. The second-order valence-electron chi connectivity index (χ2n) is 5.69. The molecule has 0 aromatic heterocycles. The van der Waals surface area contributed by atoms with Crippen LogP contribution in [0.5, 0.6) is 0 Å². The number of halogens is 2. The summed E-state index contributed by atoms with van der Waals surface area (Å²) >= 11 is 5.78. The van der Waals surface area contributed by atoms with Crippen LogP contribution in [0.2, 0.25) is 5.02 Å². The molecule has 0 radical (unpaired) electrons. The van der Waals surface area contributed by atoms with Gasteiger partial charge in [0.15, 0.2) is 0 Å². The number of benzene rings is 1. The van der Waals surface area contributed by atoms with E-state index in [1.165, 1.54) is 12.5 Å². The van der Waals surface area contributed by atoms with Crippen LogP contribution in [0.1, 0.15) is 38.8 Å². The van der Waals surface area contributed by atoms with Gasteiger partial charge in [0.05, 0.1) is 5.02 Å². The quantitative estimate of drug-likeness (QED) is 0.851. The summed E-state index contributed by atoms with van der Waals surface area (Å²) in [6, 6.07) is 5.13. The van der Waals surface area contributed by atoms with E-state index in [1.807, 2.05) is 0 Å². The Morgan fingerprint density at radius 1 is 1.53 bits per heavy atom. The molecule has 1 aliphatic carbocycles. The first-order valence-corrected chi connectivity index (χ1v) is 6.46. The molecule has 2 rings (SSSR count). The molecule has 2 atom stereocenters. The maximum Gasteiger partial charge on any atom is 0.141 e. The van der Waals surface area contributed by atoms with E-state index in [1.54, 1.807) is 12.1 Å². The summed E-state index contributed by atoms with van der Waals surface area (Å²) in [5, 5.41) is 3.68. The Morgan fingerprint density at radius 2 is 2.18 bits per heavy atom. The molecule has 17 heavy (non-hydrogen) atoms. The molecule has 1 saturated carbocycles. The van der Waals surface area contributed by atoms with Crippen LogP contribution in [0.25, 0.3) is 0 Å².